The summed E-state index contributed by atoms with van der Waals surface area (Å²) in [5, 5.41) is 0.677. The van der Waals surface area contributed by atoms with E-state index in [0.717, 1.165) is 24.8 Å². The molecule has 19 heavy (non-hydrogen) atoms. The number of halogens is 2. The van der Waals surface area contributed by atoms with Crippen LogP contribution in [0.2, 0.25) is 0 Å². The van der Waals surface area contributed by atoms with Crippen LogP contribution >= 0.6 is 11.6 Å². The van der Waals surface area contributed by atoms with Crippen molar-refractivity contribution in [2.75, 3.05) is 12.9 Å². The van der Waals surface area contributed by atoms with Crippen LogP contribution in [-0.2, 0) is 4.84 Å². The van der Waals surface area contributed by atoms with Crippen LogP contribution in [0.4, 0.5) is 4.48 Å². The monoisotopic (exact) mass is 292 g/mol. The Balaban J connectivity index is 2.94. The fourth-order valence-corrected chi connectivity index (χ4v) is 2.61. The van der Waals surface area contributed by atoms with E-state index < -0.39 is 5.72 Å². The molecule has 5 heteroatoms. The van der Waals surface area contributed by atoms with Crippen molar-refractivity contribution in [3.63, 3.8) is 0 Å². The van der Waals surface area contributed by atoms with Gasteiger partial charge in [0.25, 0.3) is 0 Å². The van der Waals surface area contributed by atoms with Crippen molar-refractivity contribution < 1.29 is 9.32 Å². The van der Waals surface area contributed by atoms with Gasteiger partial charge in [-0.2, -0.15) is 5.48 Å². The van der Waals surface area contributed by atoms with Crippen molar-refractivity contribution in [2.24, 2.45) is 5.92 Å². The van der Waals surface area contributed by atoms with Crippen LogP contribution in [0.3, 0.4) is 0 Å². The van der Waals surface area contributed by atoms with E-state index in [0.29, 0.717) is 23.3 Å². The van der Waals surface area contributed by atoms with Gasteiger partial charge in [0, 0.05) is 25.4 Å². The number of hydrogen-bond acceptors (Lipinski definition) is 3. The van der Waals surface area contributed by atoms with Gasteiger partial charge >= 0.3 is 0 Å². The molecule has 1 aliphatic rings. The van der Waals surface area contributed by atoms with E-state index in [2.05, 4.69) is 26.3 Å². The number of nitrogens with one attached hydrogen (secondary N) is 1. The number of nitrogens with zero attached hydrogens (tertiary/aromatic N) is 1. The van der Waals surface area contributed by atoms with Gasteiger partial charge in [-0.1, -0.05) is 33.3 Å². The smallest absolute Gasteiger partial charge is 0.191 e. The highest BCUT2D eigenvalue weighted by molar-refractivity contribution is 6.18. The maximum Gasteiger partial charge on any atom is 0.191 e. The molecule has 0 bridgehead atoms. The molecule has 0 saturated carbocycles. The Morgan fingerprint density at radius 1 is 1.63 bits per heavy atom. The molecule has 112 valence electrons. The molecule has 0 aromatic heterocycles. The molecule has 1 rings (SSSR count). The third-order valence-corrected chi connectivity index (χ3v) is 3.96. The molecule has 0 aromatic rings. The fourth-order valence-electron chi connectivity index (χ4n) is 2.43. The molecule has 0 spiro atoms. The minimum absolute atomic E-state index is 0.151. The van der Waals surface area contributed by atoms with Crippen molar-refractivity contribution in [3.05, 3.63) is 11.6 Å². The second-order valence-corrected chi connectivity index (χ2v) is 5.83. The summed E-state index contributed by atoms with van der Waals surface area (Å²) in [6.07, 6.45) is 5.37. The van der Waals surface area contributed by atoms with Crippen LogP contribution in [0.1, 0.15) is 46.5 Å². The third kappa shape index (κ3) is 3.91. The van der Waals surface area contributed by atoms with E-state index in [1.165, 1.54) is 7.05 Å². The zero-order valence-corrected chi connectivity index (χ0v) is 13.1. The van der Waals surface area contributed by atoms with Gasteiger partial charge in [-0.3, -0.25) is 4.84 Å². The summed E-state index contributed by atoms with van der Waals surface area (Å²) < 4.78 is 14.1. The highest BCUT2D eigenvalue weighted by Crippen LogP contribution is 2.38. The van der Waals surface area contributed by atoms with Crippen molar-refractivity contribution in [1.29, 1.82) is 0 Å². The molecule has 0 aromatic carbocycles. The summed E-state index contributed by atoms with van der Waals surface area (Å²) in [5.74, 6) is 0.773. The summed E-state index contributed by atoms with van der Waals surface area (Å²) >= 11 is 5.83. The second-order valence-electron chi connectivity index (χ2n) is 5.52. The summed E-state index contributed by atoms with van der Waals surface area (Å²) in [6.45, 7) is 6.33. The molecule has 0 amide bonds. The first kappa shape index (κ1) is 16.9. The van der Waals surface area contributed by atoms with Crippen LogP contribution in [0.25, 0.3) is 0 Å². The summed E-state index contributed by atoms with van der Waals surface area (Å²) in [6, 6.07) is 0.151. The van der Waals surface area contributed by atoms with Gasteiger partial charge in [0.1, 0.15) is 0 Å². The lowest BCUT2D eigenvalue weighted by atomic mass is 9.89. The Morgan fingerprint density at radius 3 is 2.74 bits per heavy atom. The highest BCUT2D eigenvalue weighted by Gasteiger charge is 2.48. The molecular weight excluding hydrogens is 267 g/mol. The lowest BCUT2D eigenvalue weighted by molar-refractivity contribution is -0.198. The van der Waals surface area contributed by atoms with Gasteiger partial charge < -0.3 is 0 Å². The predicted molar refractivity (Wildman–Crippen MR) is 77.4 cm³/mol. The summed E-state index contributed by atoms with van der Waals surface area (Å²) in [4.78, 5) is 5.66. The number of rotatable bonds is 7. The maximum atomic E-state index is 14.1. The van der Waals surface area contributed by atoms with Crippen LogP contribution < -0.4 is 5.48 Å². The highest BCUT2D eigenvalue weighted by atomic mass is 35.5. The van der Waals surface area contributed by atoms with Crippen LogP contribution in [-0.4, -0.2) is 29.8 Å². The van der Waals surface area contributed by atoms with E-state index in [-0.39, 0.29) is 6.04 Å². The number of alkyl halides is 1. The van der Waals surface area contributed by atoms with Gasteiger partial charge in [0.05, 0.1) is 0 Å². The van der Waals surface area contributed by atoms with Gasteiger partial charge in [-0.15, -0.1) is 21.2 Å². The lowest BCUT2D eigenvalue weighted by Crippen LogP contribution is -2.44. The molecule has 0 radical (unpaired) electrons. The first-order valence-electron chi connectivity index (χ1n) is 7.06. The average Bonchev–Trinajstić information content (AvgIpc) is 2.81. The Bertz CT molecular complexity index is 310. The molecule has 0 aliphatic carbocycles. The molecule has 3 nitrogen and oxygen atoms in total. The molecule has 1 fully saturated rings. The van der Waals surface area contributed by atoms with E-state index in [1.807, 2.05) is 6.08 Å². The molecule has 1 N–H and O–H groups in total. The summed E-state index contributed by atoms with van der Waals surface area (Å²) in [5.41, 5.74) is 2.91. The fraction of sp³-hybridized carbons (Fsp3) is 0.857. The normalized spacial score (nSPS) is 28.6. The quantitative estimate of drug-likeness (QED) is 0.439. The Kier molecular flexibility index (Phi) is 6.74. The predicted octanol–water partition coefficient (Wildman–Crippen LogP) is 3.80. The van der Waals surface area contributed by atoms with E-state index in [1.54, 1.807) is 0 Å². The lowest BCUT2D eigenvalue weighted by Gasteiger charge is -2.33. The minimum atomic E-state index is -1.00. The van der Waals surface area contributed by atoms with Gasteiger partial charge in [0.15, 0.2) is 5.72 Å². The number of likely N-dealkylation sites (N-methyl/N-ethyl adjacent to an activating group) is 1. The van der Waals surface area contributed by atoms with Gasteiger partial charge in [-0.25, -0.2) is 0 Å². The maximum absolute atomic E-state index is 14.1. The van der Waals surface area contributed by atoms with Crippen LogP contribution in [0.15, 0.2) is 11.6 Å². The molecule has 1 saturated heterocycles. The van der Waals surface area contributed by atoms with E-state index >= 15 is 0 Å². The molecule has 2 unspecified atom stereocenters. The molecule has 2 atom stereocenters. The number of unbranched alkanes of at least 4 members (excludes halogenated alkanes) is 1. The number of allylic oxidation sites excluding steroid dienone is 1. The topological polar surface area (TPSA) is 24.5 Å². The van der Waals surface area contributed by atoms with Crippen molar-refractivity contribution in [1.82, 2.24) is 10.6 Å². The largest absolute Gasteiger partial charge is 0.272 e. The SMILES string of the molecule is CCCC/C(=C\CCl)C1(N(C)F)CC(C(C)C)NO1. The van der Waals surface area contributed by atoms with Gasteiger partial charge in [0.2, 0.25) is 0 Å². The zero-order chi connectivity index (χ0) is 14.5. The first-order valence-corrected chi connectivity index (χ1v) is 7.60. The average molecular weight is 293 g/mol. The number of hydrogen-bond donors (Lipinski definition) is 1. The summed E-state index contributed by atoms with van der Waals surface area (Å²) in [7, 11) is 1.42. The van der Waals surface area contributed by atoms with Crippen molar-refractivity contribution in [2.45, 2.75) is 58.2 Å². The third-order valence-electron chi connectivity index (χ3n) is 3.80. The first-order chi connectivity index (χ1) is 8.97. The van der Waals surface area contributed by atoms with Crippen molar-refractivity contribution >= 4 is 11.6 Å². The molecule has 1 heterocycles. The van der Waals surface area contributed by atoms with E-state index in [9.17, 15) is 4.48 Å². The standard InChI is InChI=1S/C14H26ClFN2O/c1-5-6-7-12(8-9-15)14(18(4)16)10-13(11(2)3)17-19-14/h8,11,13,17H,5-7,9-10H2,1-4H3/b12-8+. The van der Waals surface area contributed by atoms with Gasteiger partial charge in [-0.05, 0) is 24.3 Å². The van der Waals surface area contributed by atoms with Crippen molar-refractivity contribution in [3.8, 4) is 0 Å². The van der Waals surface area contributed by atoms with E-state index in [4.69, 9.17) is 16.4 Å². The Labute approximate surface area is 121 Å². The minimum Gasteiger partial charge on any atom is -0.272 e. The molecular formula is C14H26ClFN2O. The zero-order valence-electron chi connectivity index (χ0n) is 12.4. The van der Waals surface area contributed by atoms with Crippen LogP contribution in [0.5, 0.6) is 0 Å². The Hall–Kier alpha value is -0.160. The Morgan fingerprint density at radius 2 is 2.32 bits per heavy atom. The number of hydroxylamine groups is 1. The second kappa shape index (κ2) is 7.58. The molecule has 1 aliphatic heterocycles. The van der Waals surface area contributed by atoms with Crippen LogP contribution in [0, 0.1) is 5.92 Å².